The van der Waals surface area contributed by atoms with Gasteiger partial charge in [0.2, 0.25) is 0 Å². The van der Waals surface area contributed by atoms with Gasteiger partial charge >= 0.3 is 36.0 Å². The molecule has 16 heteroatoms. The molecule has 0 spiro atoms. The number of rotatable bonds is 9. The van der Waals surface area contributed by atoms with Gasteiger partial charge in [-0.3, -0.25) is 24.4 Å². The van der Waals surface area contributed by atoms with E-state index in [0.29, 0.717) is 12.4 Å². The number of nitrogens with zero attached hydrogens (tertiary/aromatic N) is 4. The molecule has 0 radical (unpaired) electrons. The highest BCUT2D eigenvalue weighted by Gasteiger charge is 2.32. The second-order valence-electron chi connectivity index (χ2n) is 10.5. The van der Waals surface area contributed by atoms with Gasteiger partial charge in [-0.05, 0) is 42.3 Å². The van der Waals surface area contributed by atoms with E-state index in [1.807, 2.05) is 0 Å². The van der Waals surface area contributed by atoms with Gasteiger partial charge in [-0.2, -0.15) is 26.3 Å². The maximum Gasteiger partial charge on any atom is 0.417 e. The Morgan fingerprint density at radius 3 is 1.34 bits per heavy atom. The van der Waals surface area contributed by atoms with Gasteiger partial charge in [0.25, 0.3) is 0 Å². The number of halogens is 6. The van der Waals surface area contributed by atoms with Crippen LogP contribution in [-0.2, 0) is 62.4 Å². The molecule has 10 nitrogen and oxygen atoms in total. The highest BCUT2D eigenvalue weighted by atomic mass is 19.4. The van der Waals surface area contributed by atoms with E-state index >= 15 is 0 Å². The molecule has 2 aromatic carbocycles. The molecular formula is C34H31F6N5O5. The number of esters is 1. The molecule has 2 N–H and O–H groups in total. The van der Waals surface area contributed by atoms with Crippen LogP contribution in [0.4, 0.5) is 26.3 Å². The first-order valence-corrected chi connectivity index (χ1v) is 14.7. The summed E-state index contributed by atoms with van der Waals surface area (Å²) in [5.74, 6) is -3.97. The third-order valence-electron chi connectivity index (χ3n) is 6.68. The minimum absolute atomic E-state index is 0.0439. The van der Waals surface area contributed by atoms with E-state index in [1.54, 1.807) is 67.6 Å². The zero-order valence-electron chi connectivity index (χ0n) is 26.4. The fourth-order valence-corrected chi connectivity index (χ4v) is 4.25. The van der Waals surface area contributed by atoms with Gasteiger partial charge in [-0.1, -0.05) is 60.7 Å². The van der Waals surface area contributed by atoms with Crippen molar-refractivity contribution in [3.63, 3.8) is 0 Å². The molecule has 0 saturated heterocycles. The molecule has 2 heterocycles. The number of ether oxygens (including phenoxy) is 1. The van der Waals surface area contributed by atoms with Crippen LogP contribution >= 0.6 is 0 Å². The van der Waals surface area contributed by atoms with Crippen molar-refractivity contribution < 1.29 is 50.3 Å². The summed E-state index contributed by atoms with van der Waals surface area (Å²) in [5, 5.41) is 0. The summed E-state index contributed by atoms with van der Waals surface area (Å²) in [6.07, 6.45) is -7.59. The first-order valence-electron chi connectivity index (χ1n) is 14.7. The van der Waals surface area contributed by atoms with Gasteiger partial charge in [0.1, 0.15) is 0 Å². The highest BCUT2D eigenvalue weighted by molar-refractivity contribution is 6.34. The fraction of sp³-hybridized carbons (Fsp3) is 0.235. The monoisotopic (exact) mass is 703 g/mol. The van der Waals surface area contributed by atoms with Crippen LogP contribution in [0.2, 0.25) is 0 Å². The number of carbonyl (C=O) groups excluding carboxylic acids is 4. The molecule has 4 rings (SSSR count). The van der Waals surface area contributed by atoms with Crippen molar-refractivity contribution in [2.75, 3.05) is 6.61 Å². The lowest BCUT2D eigenvalue weighted by Crippen LogP contribution is -2.39. The summed E-state index contributed by atoms with van der Waals surface area (Å²) in [6.45, 7) is 1.55. The first-order chi connectivity index (χ1) is 23.6. The molecule has 3 amide bonds. The quantitative estimate of drug-likeness (QED) is 0.142. The Bertz CT molecular complexity index is 1720. The number of nitrogens with two attached hydrogens (primary N) is 1. The van der Waals surface area contributed by atoms with Crippen molar-refractivity contribution >= 4 is 23.7 Å². The van der Waals surface area contributed by atoms with E-state index in [4.69, 9.17) is 10.5 Å². The number of pyridine rings is 2. The summed E-state index contributed by atoms with van der Waals surface area (Å²) in [5.41, 5.74) is 5.21. The van der Waals surface area contributed by atoms with Crippen molar-refractivity contribution in [3.8, 4) is 0 Å². The van der Waals surface area contributed by atoms with Crippen LogP contribution in [0.3, 0.4) is 0 Å². The van der Waals surface area contributed by atoms with Gasteiger partial charge in [0, 0.05) is 25.5 Å². The molecule has 50 heavy (non-hydrogen) atoms. The van der Waals surface area contributed by atoms with E-state index in [9.17, 15) is 45.5 Å². The van der Waals surface area contributed by atoms with Gasteiger partial charge < -0.3 is 20.3 Å². The van der Waals surface area contributed by atoms with E-state index < -0.39 is 47.2 Å². The second-order valence-corrected chi connectivity index (χ2v) is 10.5. The van der Waals surface area contributed by atoms with Gasteiger partial charge in [-0.15, -0.1) is 0 Å². The van der Waals surface area contributed by atoms with Crippen molar-refractivity contribution in [1.82, 2.24) is 19.8 Å². The first kappa shape index (κ1) is 38.6. The molecule has 2 aromatic heterocycles. The lowest BCUT2D eigenvalue weighted by molar-refractivity contribution is -0.160. The number of alkyl halides is 6. The van der Waals surface area contributed by atoms with Crippen LogP contribution in [0.15, 0.2) is 97.3 Å². The number of hydrogen-bond acceptors (Lipinski definition) is 7. The van der Waals surface area contributed by atoms with Crippen LogP contribution in [0.25, 0.3) is 0 Å². The number of benzene rings is 2. The van der Waals surface area contributed by atoms with Crippen molar-refractivity contribution in [2.45, 2.75) is 45.5 Å². The van der Waals surface area contributed by atoms with E-state index in [0.717, 1.165) is 34.2 Å². The Morgan fingerprint density at radius 1 is 0.620 bits per heavy atom. The molecule has 0 aliphatic heterocycles. The van der Waals surface area contributed by atoms with Crippen LogP contribution < -0.4 is 5.73 Å². The molecule has 0 bridgehead atoms. The minimum Gasteiger partial charge on any atom is -0.459 e. The number of aromatic nitrogens is 2. The topological polar surface area (TPSA) is 136 Å². The molecule has 0 aliphatic rings. The average molecular weight is 704 g/mol. The zero-order valence-corrected chi connectivity index (χ0v) is 26.4. The standard InChI is InChI=1S/C18H17F3N2O3.C16H14F3N3O2/c1-2-26-17(25)16(24)23(11-13-6-4-3-5-7-13)12-15-9-8-14(10-22-15)18(19,20)21;17-16(18,19)12-6-7-13(21-8-12)10-22(15(24)14(20)23)9-11-4-2-1-3-5-11/h3-10H,2,11-12H2,1H3;1-8H,9-10H2,(H2,20,23). The minimum atomic E-state index is -4.49. The van der Waals surface area contributed by atoms with E-state index in [-0.39, 0.29) is 44.2 Å². The number of hydrogen-bond donors (Lipinski definition) is 1. The van der Waals surface area contributed by atoms with E-state index in [2.05, 4.69) is 9.97 Å². The zero-order chi connectivity index (χ0) is 36.9. The van der Waals surface area contributed by atoms with Gasteiger partial charge in [0.15, 0.2) is 0 Å². The summed E-state index contributed by atoms with van der Waals surface area (Å²) >= 11 is 0. The molecule has 0 aliphatic carbocycles. The Balaban J connectivity index is 0.000000271. The molecule has 4 aromatic rings. The molecule has 0 unspecified atom stereocenters. The van der Waals surface area contributed by atoms with Crippen LogP contribution in [0.5, 0.6) is 0 Å². The maximum atomic E-state index is 12.6. The van der Waals surface area contributed by atoms with Gasteiger partial charge in [0.05, 0.1) is 42.2 Å². The summed E-state index contributed by atoms with van der Waals surface area (Å²) in [7, 11) is 0. The van der Waals surface area contributed by atoms with Crippen LogP contribution in [-0.4, -0.2) is 50.1 Å². The fourth-order valence-electron chi connectivity index (χ4n) is 4.25. The summed E-state index contributed by atoms with van der Waals surface area (Å²) in [6, 6.07) is 21.8. The van der Waals surface area contributed by atoms with E-state index in [1.165, 1.54) is 11.0 Å². The lowest BCUT2D eigenvalue weighted by Gasteiger charge is -2.21. The Morgan fingerprint density at radius 2 is 1.02 bits per heavy atom. The molecule has 264 valence electrons. The van der Waals surface area contributed by atoms with Gasteiger partial charge in [-0.25, -0.2) is 4.79 Å². The predicted molar refractivity (Wildman–Crippen MR) is 166 cm³/mol. The van der Waals surface area contributed by atoms with Crippen molar-refractivity contribution in [2.24, 2.45) is 5.73 Å². The van der Waals surface area contributed by atoms with Crippen LogP contribution in [0, 0.1) is 0 Å². The Hall–Kier alpha value is -5.80. The summed E-state index contributed by atoms with van der Waals surface area (Å²) < 4.78 is 80.2. The SMILES string of the molecule is CCOC(=O)C(=O)N(Cc1ccccc1)Cc1ccc(C(F)(F)F)cn1.NC(=O)C(=O)N(Cc1ccccc1)Cc1ccc(C(F)(F)F)cn1. The third-order valence-corrected chi connectivity index (χ3v) is 6.68. The largest absolute Gasteiger partial charge is 0.459 e. The molecule has 0 saturated carbocycles. The second kappa shape index (κ2) is 17.6. The normalized spacial score (nSPS) is 11.1. The number of amides is 3. The molecular weight excluding hydrogens is 672 g/mol. The third kappa shape index (κ3) is 12.0. The highest BCUT2D eigenvalue weighted by Crippen LogP contribution is 2.29. The average Bonchev–Trinajstić information content (AvgIpc) is 3.08. The smallest absolute Gasteiger partial charge is 0.417 e. The molecule has 0 fully saturated rings. The lowest BCUT2D eigenvalue weighted by atomic mass is 10.2. The predicted octanol–water partition coefficient (Wildman–Crippen LogP) is 5.31. The van der Waals surface area contributed by atoms with Crippen molar-refractivity contribution in [1.29, 1.82) is 0 Å². The maximum absolute atomic E-state index is 12.6. The summed E-state index contributed by atoms with van der Waals surface area (Å²) in [4.78, 5) is 56.9. The number of carbonyl (C=O) groups is 4. The number of primary amides is 1. The Kier molecular flexibility index (Phi) is 13.6. The molecule has 0 atom stereocenters. The van der Waals surface area contributed by atoms with Crippen LogP contribution in [0.1, 0.15) is 40.6 Å². The Labute approximate surface area is 282 Å². The van der Waals surface area contributed by atoms with Crippen molar-refractivity contribution in [3.05, 3.63) is 131 Å².